The highest BCUT2D eigenvalue weighted by Gasteiger charge is 2.50. The number of nitrogens with one attached hydrogen (secondary N) is 2. The van der Waals surface area contributed by atoms with Crippen LogP contribution in [0.4, 0.5) is 0 Å². The van der Waals surface area contributed by atoms with Gasteiger partial charge in [0.05, 0.1) is 51.0 Å². The molecule has 1 aromatic rings. The second-order valence-electron chi connectivity index (χ2n) is 9.64. The topological polar surface area (TPSA) is 127 Å². The number of rotatable bonds is 14. The molecule has 2 N–H and O–H groups in total. The maximum absolute atomic E-state index is 13.2. The first kappa shape index (κ1) is 27.9. The SMILES string of the molecule is COCC(CC(=O)C(C)NC(=O)CN1CCOCC1)C(=O)NC(Cc1ccccc1)C(=O)C1(C)CO1. The summed E-state index contributed by atoms with van der Waals surface area (Å²) in [7, 11) is 1.45. The van der Waals surface area contributed by atoms with Crippen molar-refractivity contribution in [3.8, 4) is 0 Å². The van der Waals surface area contributed by atoms with Gasteiger partial charge in [0.15, 0.2) is 11.6 Å². The highest BCUT2D eigenvalue weighted by Crippen LogP contribution is 2.29. The Kier molecular flexibility index (Phi) is 10.1. The van der Waals surface area contributed by atoms with E-state index in [4.69, 9.17) is 14.2 Å². The van der Waals surface area contributed by atoms with Gasteiger partial charge >= 0.3 is 0 Å². The van der Waals surface area contributed by atoms with Crippen LogP contribution in [-0.2, 0) is 39.8 Å². The van der Waals surface area contributed by atoms with Crippen LogP contribution in [0.2, 0.25) is 0 Å². The van der Waals surface area contributed by atoms with Gasteiger partial charge < -0.3 is 24.8 Å². The Labute approximate surface area is 212 Å². The van der Waals surface area contributed by atoms with Gasteiger partial charge in [0.25, 0.3) is 0 Å². The molecule has 0 aliphatic carbocycles. The van der Waals surface area contributed by atoms with Gasteiger partial charge in [-0.1, -0.05) is 30.3 Å². The van der Waals surface area contributed by atoms with E-state index in [9.17, 15) is 19.2 Å². The average Bonchev–Trinajstić information content (AvgIpc) is 3.62. The van der Waals surface area contributed by atoms with Crippen LogP contribution >= 0.6 is 0 Å². The van der Waals surface area contributed by atoms with Gasteiger partial charge in [-0.05, 0) is 25.8 Å². The second kappa shape index (κ2) is 13.0. The third kappa shape index (κ3) is 8.19. The molecule has 2 amide bonds. The van der Waals surface area contributed by atoms with E-state index in [1.165, 1.54) is 7.11 Å². The number of ether oxygens (including phenoxy) is 3. The summed E-state index contributed by atoms with van der Waals surface area (Å²) < 4.78 is 15.8. The Hall–Kier alpha value is -2.66. The Morgan fingerprint density at radius 1 is 1.11 bits per heavy atom. The number of carbonyl (C=O) groups is 4. The van der Waals surface area contributed by atoms with E-state index in [0.717, 1.165) is 5.56 Å². The first-order valence-corrected chi connectivity index (χ1v) is 12.4. The molecule has 2 saturated heterocycles. The molecule has 4 unspecified atom stereocenters. The number of Topliss-reactive ketones (excluding diaryl/α,β-unsaturated/α-hetero) is 2. The van der Waals surface area contributed by atoms with Crippen LogP contribution < -0.4 is 10.6 Å². The van der Waals surface area contributed by atoms with Gasteiger partial charge in [-0.15, -0.1) is 0 Å². The summed E-state index contributed by atoms with van der Waals surface area (Å²) in [5, 5.41) is 5.55. The Morgan fingerprint density at radius 3 is 2.39 bits per heavy atom. The predicted octanol–water partition coefficient (Wildman–Crippen LogP) is 0.131. The number of carbonyl (C=O) groups excluding carboxylic acids is 4. The minimum atomic E-state index is -0.904. The first-order valence-electron chi connectivity index (χ1n) is 12.4. The number of morpholine rings is 1. The number of epoxide rings is 1. The molecule has 2 heterocycles. The van der Waals surface area contributed by atoms with E-state index in [1.807, 2.05) is 35.2 Å². The smallest absolute Gasteiger partial charge is 0.234 e. The van der Waals surface area contributed by atoms with Crippen molar-refractivity contribution in [2.75, 3.05) is 53.2 Å². The summed E-state index contributed by atoms with van der Waals surface area (Å²) in [6.07, 6.45) is 0.185. The van der Waals surface area contributed by atoms with Crippen molar-refractivity contribution < 1.29 is 33.4 Å². The average molecular weight is 504 g/mol. The minimum Gasteiger partial charge on any atom is -0.384 e. The molecule has 2 aliphatic rings. The van der Waals surface area contributed by atoms with Crippen molar-refractivity contribution >= 4 is 23.4 Å². The fraction of sp³-hybridized carbons (Fsp3) is 0.615. The summed E-state index contributed by atoms with van der Waals surface area (Å²) in [5.74, 6) is -2.00. The zero-order chi connectivity index (χ0) is 26.1. The Morgan fingerprint density at radius 2 is 1.78 bits per heavy atom. The molecule has 0 aromatic heterocycles. The van der Waals surface area contributed by atoms with Crippen molar-refractivity contribution in [2.45, 2.75) is 44.4 Å². The lowest BCUT2D eigenvalue weighted by Crippen LogP contribution is -2.51. The largest absolute Gasteiger partial charge is 0.384 e. The zero-order valence-corrected chi connectivity index (χ0v) is 21.3. The lowest BCUT2D eigenvalue weighted by molar-refractivity contribution is -0.135. The summed E-state index contributed by atoms with van der Waals surface area (Å²) in [5.41, 5.74) is -0.00477. The van der Waals surface area contributed by atoms with Crippen LogP contribution in [0.3, 0.4) is 0 Å². The summed E-state index contributed by atoms with van der Waals surface area (Å²) in [6.45, 7) is 6.31. The van der Waals surface area contributed by atoms with Gasteiger partial charge in [-0.3, -0.25) is 24.1 Å². The number of benzene rings is 1. The molecule has 0 spiro atoms. The third-order valence-electron chi connectivity index (χ3n) is 6.53. The van der Waals surface area contributed by atoms with Crippen LogP contribution in [0.5, 0.6) is 0 Å². The van der Waals surface area contributed by atoms with E-state index in [-0.39, 0.29) is 37.0 Å². The van der Waals surface area contributed by atoms with Gasteiger partial charge in [-0.2, -0.15) is 0 Å². The highest BCUT2D eigenvalue weighted by molar-refractivity contribution is 5.98. The quantitative estimate of drug-likeness (QED) is 0.343. The summed E-state index contributed by atoms with van der Waals surface area (Å²) in [4.78, 5) is 53.5. The Bertz CT molecular complexity index is 913. The van der Waals surface area contributed by atoms with E-state index in [2.05, 4.69) is 10.6 Å². The Balaban J connectivity index is 1.58. The number of nitrogens with zero attached hydrogens (tertiary/aromatic N) is 1. The lowest BCUT2D eigenvalue weighted by Gasteiger charge is -2.26. The first-order chi connectivity index (χ1) is 17.2. The number of methoxy groups -OCH3 is 1. The maximum Gasteiger partial charge on any atom is 0.234 e. The zero-order valence-electron chi connectivity index (χ0n) is 21.3. The molecule has 2 fully saturated rings. The third-order valence-corrected chi connectivity index (χ3v) is 6.53. The van der Waals surface area contributed by atoms with Crippen LogP contribution in [-0.4, -0.2) is 99.1 Å². The maximum atomic E-state index is 13.2. The van der Waals surface area contributed by atoms with Gasteiger partial charge in [-0.25, -0.2) is 0 Å². The van der Waals surface area contributed by atoms with Crippen LogP contribution in [0.25, 0.3) is 0 Å². The predicted molar refractivity (Wildman–Crippen MR) is 131 cm³/mol. The number of hydrogen-bond donors (Lipinski definition) is 2. The lowest BCUT2D eigenvalue weighted by atomic mass is 9.93. The number of amides is 2. The van der Waals surface area contributed by atoms with Crippen molar-refractivity contribution in [1.29, 1.82) is 0 Å². The molecule has 1 aromatic carbocycles. The van der Waals surface area contributed by atoms with E-state index in [1.54, 1.807) is 13.8 Å². The highest BCUT2D eigenvalue weighted by atomic mass is 16.6. The molecule has 0 radical (unpaired) electrons. The molecule has 0 saturated carbocycles. The minimum absolute atomic E-state index is 0.00598. The molecule has 0 bridgehead atoms. The fourth-order valence-corrected chi connectivity index (χ4v) is 4.15. The normalized spacial score (nSPS) is 22.2. The van der Waals surface area contributed by atoms with Crippen molar-refractivity contribution in [1.82, 2.24) is 15.5 Å². The van der Waals surface area contributed by atoms with Crippen LogP contribution in [0, 0.1) is 5.92 Å². The summed E-state index contributed by atoms with van der Waals surface area (Å²) >= 11 is 0. The fourth-order valence-electron chi connectivity index (χ4n) is 4.15. The van der Waals surface area contributed by atoms with Crippen LogP contribution in [0.1, 0.15) is 25.8 Å². The number of ketones is 2. The molecule has 2 aliphatic heterocycles. The molecular weight excluding hydrogens is 466 g/mol. The number of hydrogen-bond acceptors (Lipinski definition) is 8. The van der Waals surface area contributed by atoms with Gasteiger partial charge in [0, 0.05) is 26.6 Å². The molecule has 36 heavy (non-hydrogen) atoms. The van der Waals surface area contributed by atoms with E-state index >= 15 is 0 Å². The van der Waals surface area contributed by atoms with Gasteiger partial charge in [0.2, 0.25) is 11.8 Å². The second-order valence-corrected chi connectivity index (χ2v) is 9.64. The van der Waals surface area contributed by atoms with E-state index in [0.29, 0.717) is 39.3 Å². The van der Waals surface area contributed by atoms with Crippen molar-refractivity contribution in [2.24, 2.45) is 5.92 Å². The standard InChI is InChI=1S/C26H37N3O7/c1-18(27-23(31)15-29-9-11-35-12-10-29)22(30)14-20(16-34-3)25(33)28-21(24(32)26(2)17-36-26)13-19-7-5-4-6-8-19/h4-8,18,20-21H,9-17H2,1-3H3,(H,27,31)(H,28,33). The summed E-state index contributed by atoms with van der Waals surface area (Å²) in [6, 6.07) is 7.84. The molecule has 10 nitrogen and oxygen atoms in total. The molecule has 198 valence electrons. The van der Waals surface area contributed by atoms with Crippen molar-refractivity contribution in [3.63, 3.8) is 0 Å². The monoisotopic (exact) mass is 503 g/mol. The molecule has 4 atom stereocenters. The molecule has 10 heteroatoms. The van der Waals surface area contributed by atoms with Crippen LogP contribution in [0.15, 0.2) is 30.3 Å². The van der Waals surface area contributed by atoms with Gasteiger partial charge in [0.1, 0.15) is 5.60 Å². The van der Waals surface area contributed by atoms with E-state index < -0.39 is 29.5 Å². The molecular formula is C26H37N3O7. The van der Waals surface area contributed by atoms with Crippen molar-refractivity contribution in [3.05, 3.63) is 35.9 Å². The molecule has 3 rings (SSSR count).